The lowest BCUT2D eigenvalue weighted by Crippen LogP contribution is -2.20. The number of rotatable bonds is 4. The van der Waals surface area contributed by atoms with E-state index in [0.29, 0.717) is 23.0 Å². The molecule has 0 aliphatic carbocycles. The van der Waals surface area contributed by atoms with Gasteiger partial charge in [0.15, 0.2) is 0 Å². The maximum absolute atomic E-state index is 9.54. The molecule has 1 aliphatic rings. The van der Waals surface area contributed by atoms with E-state index in [1.807, 2.05) is 6.07 Å². The molecule has 0 spiro atoms. The van der Waals surface area contributed by atoms with Crippen molar-refractivity contribution in [2.45, 2.75) is 12.8 Å². The molecule has 1 fully saturated rings. The lowest BCUT2D eigenvalue weighted by molar-refractivity contribution is 0.934. The number of hydrogen-bond acceptors (Lipinski definition) is 8. The van der Waals surface area contributed by atoms with Gasteiger partial charge in [-0.25, -0.2) is 19.9 Å². The van der Waals surface area contributed by atoms with Gasteiger partial charge in [0.2, 0.25) is 5.95 Å². The third-order valence-electron chi connectivity index (χ3n) is 4.39. The van der Waals surface area contributed by atoms with Crippen molar-refractivity contribution in [2.75, 3.05) is 29.0 Å². The molecule has 0 radical (unpaired) electrons. The van der Waals surface area contributed by atoms with Crippen molar-refractivity contribution in [2.24, 2.45) is 0 Å². The second kappa shape index (κ2) is 7.25. The predicted molar refractivity (Wildman–Crippen MR) is 103 cm³/mol. The first-order chi connectivity index (χ1) is 13.2. The van der Waals surface area contributed by atoms with Crippen LogP contribution in [0, 0.1) is 11.3 Å². The Kier molecular flexibility index (Phi) is 4.49. The van der Waals surface area contributed by atoms with Crippen molar-refractivity contribution in [3.63, 3.8) is 0 Å². The number of nitrogens with one attached hydrogen (secondary N) is 1. The number of nitrogens with two attached hydrogens (primary N) is 1. The van der Waals surface area contributed by atoms with Crippen molar-refractivity contribution in [3.05, 3.63) is 48.4 Å². The highest BCUT2D eigenvalue weighted by atomic mass is 15.2. The van der Waals surface area contributed by atoms with Crippen molar-refractivity contribution in [1.82, 2.24) is 19.9 Å². The second-order valence-corrected chi connectivity index (χ2v) is 6.26. The van der Waals surface area contributed by atoms with Crippen molar-refractivity contribution in [1.29, 1.82) is 5.26 Å². The smallest absolute Gasteiger partial charge is 0.227 e. The molecule has 4 heterocycles. The number of anilines is 4. The molecule has 3 N–H and O–H groups in total. The maximum Gasteiger partial charge on any atom is 0.227 e. The lowest BCUT2D eigenvalue weighted by Gasteiger charge is -2.18. The monoisotopic (exact) mass is 358 g/mol. The van der Waals surface area contributed by atoms with Gasteiger partial charge >= 0.3 is 0 Å². The number of nitrogens with zero attached hydrogens (tertiary/aromatic N) is 6. The molecular weight excluding hydrogens is 340 g/mol. The molecule has 134 valence electrons. The Morgan fingerprint density at radius 2 is 1.93 bits per heavy atom. The Morgan fingerprint density at radius 3 is 2.67 bits per heavy atom. The first-order valence-corrected chi connectivity index (χ1v) is 8.70. The molecule has 3 aromatic rings. The van der Waals surface area contributed by atoms with E-state index < -0.39 is 0 Å². The fraction of sp³-hybridized carbons (Fsp3) is 0.211. The third kappa shape index (κ3) is 3.62. The zero-order chi connectivity index (χ0) is 18.6. The summed E-state index contributed by atoms with van der Waals surface area (Å²) in [5.74, 6) is 1.63. The van der Waals surface area contributed by atoms with Gasteiger partial charge in [0, 0.05) is 31.0 Å². The summed E-state index contributed by atoms with van der Waals surface area (Å²) < 4.78 is 0. The van der Waals surface area contributed by atoms with Crippen LogP contribution in [-0.4, -0.2) is 33.0 Å². The summed E-state index contributed by atoms with van der Waals surface area (Å²) in [6, 6.07) is 9.39. The number of nitrogen functional groups attached to an aromatic ring is 1. The highest BCUT2D eigenvalue weighted by molar-refractivity contribution is 5.67. The molecule has 0 saturated carbocycles. The average molecular weight is 358 g/mol. The summed E-state index contributed by atoms with van der Waals surface area (Å²) in [5, 5.41) is 12.6. The van der Waals surface area contributed by atoms with Gasteiger partial charge in [-0.05, 0) is 37.1 Å². The van der Waals surface area contributed by atoms with Crippen LogP contribution in [0.5, 0.6) is 0 Å². The van der Waals surface area contributed by atoms with Gasteiger partial charge in [0.05, 0.1) is 23.1 Å². The highest BCUT2D eigenvalue weighted by Gasteiger charge is 2.18. The summed E-state index contributed by atoms with van der Waals surface area (Å²) in [5.41, 5.74) is 8.36. The van der Waals surface area contributed by atoms with Gasteiger partial charge in [-0.1, -0.05) is 0 Å². The SMILES string of the molecule is N#Cc1cc(-c2ccnc(Nc3ccc(N)nc3)n2)cnc1N1CCCC1. The lowest BCUT2D eigenvalue weighted by atomic mass is 10.1. The molecule has 3 aromatic heterocycles. The molecule has 0 aromatic carbocycles. The quantitative estimate of drug-likeness (QED) is 0.731. The summed E-state index contributed by atoms with van der Waals surface area (Å²) >= 11 is 0. The molecule has 8 nitrogen and oxygen atoms in total. The van der Waals surface area contributed by atoms with E-state index in [4.69, 9.17) is 5.73 Å². The Hall–Kier alpha value is -3.73. The minimum atomic E-state index is 0.432. The minimum absolute atomic E-state index is 0.432. The van der Waals surface area contributed by atoms with Crippen LogP contribution in [-0.2, 0) is 0 Å². The van der Waals surface area contributed by atoms with E-state index in [2.05, 4.69) is 36.2 Å². The van der Waals surface area contributed by atoms with Gasteiger partial charge in [-0.15, -0.1) is 0 Å². The summed E-state index contributed by atoms with van der Waals surface area (Å²) in [4.78, 5) is 19.5. The van der Waals surface area contributed by atoms with Crippen LogP contribution in [0.3, 0.4) is 0 Å². The van der Waals surface area contributed by atoms with Crippen molar-refractivity contribution in [3.8, 4) is 17.3 Å². The van der Waals surface area contributed by atoms with Crippen LogP contribution in [0.4, 0.5) is 23.3 Å². The normalized spacial score (nSPS) is 13.4. The van der Waals surface area contributed by atoms with Crippen molar-refractivity contribution >= 4 is 23.3 Å². The fourth-order valence-electron chi connectivity index (χ4n) is 3.05. The predicted octanol–water partition coefficient (Wildman–Crippen LogP) is 2.73. The van der Waals surface area contributed by atoms with Crippen LogP contribution in [0.1, 0.15) is 18.4 Å². The van der Waals surface area contributed by atoms with E-state index in [-0.39, 0.29) is 0 Å². The Bertz CT molecular complexity index is 987. The zero-order valence-corrected chi connectivity index (χ0v) is 14.6. The van der Waals surface area contributed by atoms with Gasteiger partial charge < -0.3 is 16.0 Å². The maximum atomic E-state index is 9.54. The highest BCUT2D eigenvalue weighted by Crippen LogP contribution is 2.26. The topological polar surface area (TPSA) is 117 Å². The number of nitriles is 1. The molecule has 4 rings (SSSR count). The Balaban J connectivity index is 1.61. The van der Waals surface area contributed by atoms with Gasteiger partial charge in [-0.2, -0.15) is 5.26 Å². The Labute approximate surface area is 156 Å². The first kappa shape index (κ1) is 16.7. The minimum Gasteiger partial charge on any atom is -0.384 e. The largest absolute Gasteiger partial charge is 0.384 e. The van der Waals surface area contributed by atoms with Crippen LogP contribution < -0.4 is 16.0 Å². The summed E-state index contributed by atoms with van der Waals surface area (Å²) in [7, 11) is 0. The standard InChI is InChI=1S/C19H18N8/c20-10-13-9-14(11-24-18(13)27-7-1-2-8-27)16-5-6-22-19(26-16)25-15-3-4-17(21)23-12-15/h3-6,9,11-12H,1-2,7-8H2,(H2,21,23)(H,22,25,26). The Morgan fingerprint density at radius 1 is 1.07 bits per heavy atom. The molecule has 0 atom stereocenters. The first-order valence-electron chi connectivity index (χ1n) is 8.70. The summed E-state index contributed by atoms with van der Waals surface area (Å²) in [6.07, 6.45) is 7.30. The summed E-state index contributed by atoms with van der Waals surface area (Å²) in [6.45, 7) is 1.89. The van der Waals surface area contributed by atoms with Crippen molar-refractivity contribution < 1.29 is 0 Å². The van der Waals surface area contributed by atoms with E-state index in [0.717, 1.165) is 43.0 Å². The molecule has 1 aliphatic heterocycles. The molecule has 0 bridgehead atoms. The van der Waals surface area contributed by atoms with Crippen LogP contribution in [0.2, 0.25) is 0 Å². The van der Waals surface area contributed by atoms with E-state index in [1.54, 1.807) is 36.8 Å². The van der Waals surface area contributed by atoms with Crippen LogP contribution >= 0.6 is 0 Å². The fourth-order valence-corrected chi connectivity index (χ4v) is 3.05. The van der Waals surface area contributed by atoms with Crippen LogP contribution in [0.15, 0.2) is 42.9 Å². The van der Waals surface area contributed by atoms with Gasteiger partial charge in [0.25, 0.3) is 0 Å². The molecular formula is C19H18N8. The number of aromatic nitrogens is 4. The average Bonchev–Trinajstić information content (AvgIpc) is 3.24. The third-order valence-corrected chi connectivity index (χ3v) is 4.39. The van der Waals surface area contributed by atoms with E-state index in [9.17, 15) is 5.26 Å². The van der Waals surface area contributed by atoms with Gasteiger partial charge in [-0.3, -0.25) is 0 Å². The van der Waals surface area contributed by atoms with E-state index in [1.165, 1.54) is 0 Å². The molecule has 1 saturated heterocycles. The molecule has 0 unspecified atom stereocenters. The second-order valence-electron chi connectivity index (χ2n) is 6.26. The van der Waals surface area contributed by atoms with Gasteiger partial charge in [0.1, 0.15) is 17.7 Å². The molecule has 8 heteroatoms. The molecule has 0 amide bonds. The molecule has 27 heavy (non-hydrogen) atoms. The van der Waals surface area contributed by atoms with Crippen LogP contribution in [0.25, 0.3) is 11.3 Å². The van der Waals surface area contributed by atoms with E-state index >= 15 is 0 Å². The number of pyridine rings is 2. The number of hydrogen-bond donors (Lipinski definition) is 2. The zero-order valence-electron chi connectivity index (χ0n) is 14.6.